The van der Waals surface area contributed by atoms with Crippen molar-refractivity contribution in [1.82, 2.24) is 10.7 Å². The Bertz CT molecular complexity index is 1360. The van der Waals surface area contributed by atoms with Gasteiger partial charge in [0.15, 0.2) is 18.1 Å². The number of nitrogens with one attached hydrogen (secondary N) is 3. The lowest BCUT2D eigenvalue weighted by atomic mass is 10.0. The highest BCUT2D eigenvalue weighted by atomic mass is 35.5. The molecule has 10 heteroatoms. The minimum atomic E-state index is -0.891. The second-order valence-corrected chi connectivity index (χ2v) is 9.42. The van der Waals surface area contributed by atoms with Crippen molar-refractivity contribution in [3.63, 3.8) is 0 Å². The van der Waals surface area contributed by atoms with Crippen LogP contribution in [0.5, 0.6) is 11.5 Å². The summed E-state index contributed by atoms with van der Waals surface area (Å²) < 4.78 is 10.9. The molecule has 204 valence electrons. The van der Waals surface area contributed by atoms with Crippen LogP contribution in [0.4, 0.5) is 5.69 Å². The Kier molecular flexibility index (Phi) is 10.5. The standard InChI is InChI=1S/C29H31ClN4O5/c1-18(2)22-9-6-20(7-10-22)15-31-28(36)29(37)34-32-16-21-8-12-25(26(13-21)38-4)39-17-27(35)33-24-14-23(30)11-5-19(24)3/h5-14,16,18H,15,17H2,1-4H3,(H,31,36)(H,33,35)(H,34,37)/b32-16-. The Morgan fingerprint density at radius 2 is 1.72 bits per heavy atom. The number of carbonyl (C=O) groups is 3. The van der Waals surface area contributed by atoms with Gasteiger partial charge in [0.1, 0.15) is 0 Å². The Hall–Kier alpha value is -4.37. The van der Waals surface area contributed by atoms with E-state index in [0.29, 0.717) is 33.7 Å². The highest BCUT2D eigenvalue weighted by Crippen LogP contribution is 2.28. The van der Waals surface area contributed by atoms with Crippen LogP contribution >= 0.6 is 11.6 Å². The van der Waals surface area contributed by atoms with Gasteiger partial charge in [0.2, 0.25) is 0 Å². The first kappa shape index (κ1) is 29.2. The lowest BCUT2D eigenvalue weighted by Crippen LogP contribution is -2.37. The number of halogens is 1. The minimum absolute atomic E-state index is 0.226. The molecule has 3 amide bonds. The Labute approximate surface area is 232 Å². The first-order valence-corrected chi connectivity index (χ1v) is 12.6. The largest absolute Gasteiger partial charge is 0.493 e. The number of hydrogen-bond acceptors (Lipinski definition) is 6. The topological polar surface area (TPSA) is 118 Å². The number of hydrazone groups is 1. The first-order valence-electron chi connectivity index (χ1n) is 12.2. The lowest BCUT2D eigenvalue weighted by Gasteiger charge is -2.12. The fourth-order valence-corrected chi connectivity index (χ4v) is 3.61. The van der Waals surface area contributed by atoms with E-state index >= 15 is 0 Å². The Morgan fingerprint density at radius 3 is 2.41 bits per heavy atom. The third-order valence-corrected chi connectivity index (χ3v) is 5.94. The highest BCUT2D eigenvalue weighted by molar-refractivity contribution is 6.35. The predicted octanol–water partition coefficient (Wildman–Crippen LogP) is 4.56. The average molecular weight is 551 g/mol. The zero-order valence-electron chi connectivity index (χ0n) is 22.2. The predicted molar refractivity (Wildman–Crippen MR) is 151 cm³/mol. The maximum absolute atomic E-state index is 12.3. The van der Waals surface area contributed by atoms with E-state index in [1.165, 1.54) is 18.9 Å². The minimum Gasteiger partial charge on any atom is -0.493 e. The molecule has 0 saturated carbocycles. The summed E-state index contributed by atoms with van der Waals surface area (Å²) in [5.41, 5.74) is 6.33. The number of carbonyl (C=O) groups excluding carboxylic acids is 3. The molecule has 9 nitrogen and oxygen atoms in total. The Morgan fingerprint density at radius 1 is 0.974 bits per heavy atom. The normalized spacial score (nSPS) is 10.8. The molecule has 3 rings (SSSR count). The third kappa shape index (κ3) is 8.86. The first-order chi connectivity index (χ1) is 18.7. The van der Waals surface area contributed by atoms with Crippen molar-refractivity contribution >= 4 is 41.2 Å². The molecular weight excluding hydrogens is 520 g/mol. The number of nitrogens with zero attached hydrogens (tertiary/aromatic N) is 1. The van der Waals surface area contributed by atoms with E-state index in [0.717, 1.165) is 11.1 Å². The van der Waals surface area contributed by atoms with Gasteiger partial charge in [-0.2, -0.15) is 5.10 Å². The third-order valence-electron chi connectivity index (χ3n) is 5.71. The van der Waals surface area contributed by atoms with Crippen molar-refractivity contribution in [1.29, 1.82) is 0 Å². The monoisotopic (exact) mass is 550 g/mol. The van der Waals surface area contributed by atoms with E-state index in [1.54, 1.807) is 30.3 Å². The van der Waals surface area contributed by atoms with Gasteiger partial charge in [-0.1, -0.05) is 55.8 Å². The van der Waals surface area contributed by atoms with Crippen LogP contribution in [0.2, 0.25) is 5.02 Å². The summed E-state index contributed by atoms with van der Waals surface area (Å²) in [5.74, 6) is -0.930. The van der Waals surface area contributed by atoms with Crippen molar-refractivity contribution in [3.8, 4) is 11.5 Å². The molecule has 0 fully saturated rings. The van der Waals surface area contributed by atoms with Gasteiger partial charge in [-0.05, 0) is 65.4 Å². The molecule has 0 radical (unpaired) electrons. The highest BCUT2D eigenvalue weighted by Gasteiger charge is 2.13. The molecule has 0 aromatic heterocycles. The molecule has 0 spiro atoms. The van der Waals surface area contributed by atoms with Crippen LogP contribution in [0.3, 0.4) is 0 Å². The molecule has 0 saturated heterocycles. The van der Waals surface area contributed by atoms with E-state index in [4.69, 9.17) is 21.1 Å². The summed E-state index contributed by atoms with van der Waals surface area (Å²) in [4.78, 5) is 36.5. The number of hydrogen-bond donors (Lipinski definition) is 3. The van der Waals surface area contributed by atoms with Gasteiger partial charge in [-0.3, -0.25) is 14.4 Å². The number of anilines is 1. The summed E-state index contributed by atoms with van der Waals surface area (Å²) in [7, 11) is 1.46. The zero-order chi connectivity index (χ0) is 28.4. The van der Waals surface area contributed by atoms with Crippen molar-refractivity contribution in [2.24, 2.45) is 5.10 Å². The molecule has 3 aromatic rings. The fraction of sp³-hybridized carbons (Fsp3) is 0.241. The number of amides is 3. The molecule has 0 aliphatic heterocycles. The van der Waals surface area contributed by atoms with Crippen LogP contribution in [0.25, 0.3) is 0 Å². The quantitative estimate of drug-likeness (QED) is 0.194. The van der Waals surface area contributed by atoms with Crippen molar-refractivity contribution in [2.45, 2.75) is 33.2 Å². The van der Waals surface area contributed by atoms with Crippen LogP contribution in [-0.2, 0) is 20.9 Å². The van der Waals surface area contributed by atoms with Crippen LogP contribution < -0.4 is 25.5 Å². The second kappa shape index (κ2) is 14.0. The lowest BCUT2D eigenvalue weighted by molar-refractivity contribution is -0.139. The van der Waals surface area contributed by atoms with E-state index in [-0.39, 0.29) is 19.1 Å². The number of aryl methyl sites for hydroxylation is 1. The van der Waals surface area contributed by atoms with Crippen molar-refractivity contribution in [2.75, 3.05) is 19.0 Å². The van der Waals surface area contributed by atoms with Crippen LogP contribution in [-0.4, -0.2) is 37.7 Å². The molecule has 3 N–H and O–H groups in total. The number of rotatable bonds is 10. The number of ether oxygens (including phenoxy) is 2. The van der Waals surface area contributed by atoms with Gasteiger partial charge in [0.05, 0.1) is 13.3 Å². The van der Waals surface area contributed by atoms with Gasteiger partial charge in [-0.25, -0.2) is 5.43 Å². The molecule has 0 aliphatic carbocycles. The fourth-order valence-electron chi connectivity index (χ4n) is 3.44. The molecular formula is C29H31ClN4O5. The summed E-state index contributed by atoms with van der Waals surface area (Å²) in [5, 5.41) is 9.67. The number of methoxy groups -OCH3 is 1. The SMILES string of the molecule is COc1cc(/C=N\NC(=O)C(=O)NCc2ccc(C(C)C)cc2)ccc1OCC(=O)Nc1cc(Cl)ccc1C. The average Bonchev–Trinajstić information content (AvgIpc) is 2.92. The molecule has 3 aromatic carbocycles. The summed E-state index contributed by atoms with van der Waals surface area (Å²) in [6.45, 7) is 6.04. The van der Waals surface area contributed by atoms with Gasteiger partial charge < -0.3 is 20.1 Å². The van der Waals surface area contributed by atoms with E-state index in [9.17, 15) is 14.4 Å². The molecule has 0 unspecified atom stereocenters. The molecule has 0 aliphatic rings. The second-order valence-electron chi connectivity index (χ2n) is 8.98. The van der Waals surface area contributed by atoms with Crippen LogP contribution in [0, 0.1) is 6.92 Å². The van der Waals surface area contributed by atoms with E-state index in [2.05, 4.69) is 35.0 Å². The van der Waals surface area contributed by atoms with Crippen molar-refractivity contribution < 1.29 is 23.9 Å². The molecule has 0 atom stereocenters. The zero-order valence-corrected chi connectivity index (χ0v) is 23.0. The molecule has 0 bridgehead atoms. The summed E-state index contributed by atoms with van der Waals surface area (Å²) in [6, 6.07) is 17.9. The smallest absolute Gasteiger partial charge is 0.329 e. The van der Waals surface area contributed by atoms with Gasteiger partial charge in [0, 0.05) is 17.3 Å². The van der Waals surface area contributed by atoms with Crippen LogP contribution in [0.15, 0.2) is 65.8 Å². The van der Waals surface area contributed by atoms with Gasteiger partial charge in [-0.15, -0.1) is 0 Å². The van der Waals surface area contributed by atoms with E-state index in [1.807, 2.05) is 37.3 Å². The molecule has 39 heavy (non-hydrogen) atoms. The van der Waals surface area contributed by atoms with Crippen LogP contribution in [0.1, 0.15) is 42.0 Å². The van der Waals surface area contributed by atoms with Crippen molar-refractivity contribution in [3.05, 3.63) is 87.9 Å². The maximum Gasteiger partial charge on any atom is 0.329 e. The van der Waals surface area contributed by atoms with Gasteiger partial charge >= 0.3 is 11.8 Å². The van der Waals surface area contributed by atoms with E-state index < -0.39 is 11.8 Å². The van der Waals surface area contributed by atoms with Gasteiger partial charge in [0.25, 0.3) is 5.91 Å². The molecule has 0 heterocycles. The number of benzene rings is 3. The summed E-state index contributed by atoms with van der Waals surface area (Å²) >= 11 is 5.99. The Balaban J connectivity index is 1.49. The summed E-state index contributed by atoms with van der Waals surface area (Å²) in [6.07, 6.45) is 1.36. The maximum atomic E-state index is 12.3.